The third-order valence-electron chi connectivity index (χ3n) is 8.38. The van der Waals surface area contributed by atoms with Crippen LogP contribution < -0.4 is 10.2 Å². The summed E-state index contributed by atoms with van der Waals surface area (Å²) in [7, 11) is 1.26. The molecule has 2 aromatic heterocycles. The number of amides is 1. The van der Waals surface area contributed by atoms with Crippen LogP contribution in [0.15, 0.2) is 30.6 Å². The van der Waals surface area contributed by atoms with Gasteiger partial charge in [0.15, 0.2) is 0 Å². The number of nitrogens with zero attached hydrogens (tertiary/aromatic N) is 5. The maximum absolute atomic E-state index is 13.5. The zero-order valence-corrected chi connectivity index (χ0v) is 22.5. The van der Waals surface area contributed by atoms with Crippen LogP contribution in [0, 0.1) is 5.92 Å². The lowest BCUT2D eigenvalue weighted by Crippen LogP contribution is -2.56. The van der Waals surface area contributed by atoms with Gasteiger partial charge >= 0.3 is 6.18 Å². The van der Waals surface area contributed by atoms with E-state index < -0.39 is 23.7 Å². The van der Waals surface area contributed by atoms with E-state index in [4.69, 9.17) is 16.3 Å². The first-order chi connectivity index (χ1) is 18.5. The van der Waals surface area contributed by atoms with Crippen LogP contribution in [-0.2, 0) is 22.8 Å². The molecule has 1 saturated carbocycles. The van der Waals surface area contributed by atoms with E-state index in [-0.39, 0.29) is 17.0 Å². The van der Waals surface area contributed by atoms with Gasteiger partial charge in [-0.05, 0) is 49.3 Å². The van der Waals surface area contributed by atoms with E-state index in [9.17, 15) is 18.0 Å². The average molecular weight is 563 g/mol. The number of aromatic nitrogens is 3. The summed E-state index contributed by atoms with van der Waals surface area (Å²) < 4.78 is 46.8. The molecule has 2 aliphatic heterocycles. The summed E-state index contributed by atoms with van der Waals surface area (Å²) in [5, 5.41) is 8.91. The second-order valence-electron chi connectivity index (χ2n) is 11.0. The van der Waals surface area contributed by atoms with Gasteiger partial charge in [0.2, 0.25) is 5.91 Å². The van der Waals surface area contributed by atoms with Crippen LogP contribution in [0.5, 0.6) is 0 Å². The Kier molecular flexibility index (Phi) is 6.51. The fraction of sp³-hybridized carbons (Fsp3) is 0.519. The molecule has 8 nitrogen and oxygen atoms in total. The molecule has 2 saturated heterocycles. The molecule has 6 rings (SSSR count). The standard InChI is InChI=1S/C27H30ClF3N6O2/c1-26(3-8-39-15-26)37-6-4-36(5-7-37)22-10-16-11-23(32-13-17(16)9-21(22)28)34-25(38)19-12-18(19)20-14-33-35(2)24(20)27(29,30)31/h9-11,13-14,18-19H,3-8,12,15H2,1-2H3,(H,32,34,38)/t18-,19-,26+/m0/s1. The number of pyridine rings is 1. The molecule has 1 N–H and O–H groups in total. The molecule has 1 aromatic carbocycles. The van der Waals surface area contributed by atoms with Crippen molar-refractivity contribution in [3.05, 3.63) is 46.9 Å². The molecule has 3 aromatic rings. The van der Waals surface area contributed by atoms with E-state index in [1.165, 1.54) is 13.2 Å². The minimum Gasteiger partial charge on any atom is -0.379 e. The second-order valence-corrected chi connectivity index (χ2v) is 11.4. The molecule has 3 atom stereocenters. The van der Waals surface area contributed by atoms with E-state index in [0.29, 0.717) is 17.3 Å². The highest BCUT2D eigenvalue weighted by Gasteiger charge is 2.50. The van der Waals surface area contributed by atoms with E-state index in [1.54, 1.807) is 12.3 Å². The van der Waals surface area contributed by atoms with Gasteiger partial charge in [-0.2, -0.15) is 18.3 Å². The van der Waals surface area contributed by atoms with E-state index in [0.717, 1.165) is 67.0 Å². The minimum absolute atomic E-state index is 0.0606. The molecule has 0 radical (unpaired) electrons. The summed E-state index contributed by atoms with van der Waals surface area (Å²) in [6.45, 7) is 7.35. The molecule has 4 heterocycles. The van der Waals surface area contributed by atoms with Crippen molar-refractivity contribution in [1.29, 1.82) is 0 Å². The Morgan fingerprint density at radius 2 is 1.92 bits per heavy atom. The van der Waals surface area contributed by atoms with E-state index >= 15 is 0 Å². The number of nitrogens with one attached hydrogen (secondary N) is 1. The Labute approximate surface area is 229 Å². The summed E-state index contributed by atoms with van der Waals surface area (Å²) >= 11 is 6.66. The van der Waals surface area contributed by atoms with Crippen LogP contribution in [0.3, 0.4) is 0 Å². The monoisotopic (exact) mass is 562 g/mol. The highest BCUT2D eigenvalue weighted by atomic mass is 35.5. The highest BCUT2D eigenvalue weighted by Crippen LogP contribution is 2.51. The van der Waals surface area contributed by atoms with Crippen LogP contribution in [0.4, 0.5) is 24.7 Å². The number of hydrogen-bond acceptors (Lipinski definition) is 6. The summed E-state index contributed by atoms with van der Waals surface area (Å²) in [5.74, 6) is -1.07. The quantitative estimate of drug-likeness (QED) is 0.487. The number of piperazine rings is 1. The van der Waals surface area contributed by atoms with Crippen molar-refractivity contribution < 1.29 is 22.7 Å². The van der Waals surface area contributed by atoms with E-state index in [2.05, 4.69) is 32.1 Å². The van der Waals surface area contributed by atoms with Gasteiger partial charge in [0.25, 0.3) is 0 Å². The first-order valence-corrected chi connectivity index (χ1v) is 13.5. The molecule has 1 aliphatic carbocycles. The van der Waals surface area contributed by atoms with Gasteiger partial charge in [-0.1, -0.05) is 11.6 Å². The number of fused-ring (bicyclic) bond motifs is 1. The lowest BCUT2D eigenvalue weighted by molar-refractivity contribution is -0.144. The fourth-order valence-electron chi connectivity index (χ4n) is 5.98. The summed E-state index contributed by atoms with van der Waals surface area (Å²) in [6, 6.07) is 5.67. The largest absolute Gasteiger partial charge is 0.433 e. The molecular weight excluding hydrogens is 533 g/mol. The van der Waals surface area contributed by atoms with Gasteiger partial charge in [0.05, 0.1) is 23.5 Å². The van der Waals surface area contributed by atoms with Crippen LogP contribution in [0.25, 0.3) is 10.8 Å². The molecular formula is C27H30ClF3N6O2. The number of hydrogen-bond donors (Lipinski definition) is 1. The molecule has 0 spiro atoms. The second kappa shape index (κ2) is 9.64. The lowest BCUT2D eigenvalue weighted by atomic mass is 9.98. The van der Waals surface area contributed by atoms with E-state index in [1.807, 2.05) is 12.1 Å². The molecule has 39 heavy (non-hydrogen) atoms. The van der Waals surface area contributed by atoms with Crippen molar-refractivity contribution >= 4 is 39.8 Å². The van der Waals surface area contributed by atoms with Gasteiger partial charge in [-0.15, -0.1) is 0 Å². The third-order valence-corrected chi connectivity index (χ3v) is 8.69. The molecule has 1 amide bonds. The highest BCUT2D eigenvalue weighted by molar-refractivity contribution is 6.34. The zero-order chi connectivity index (χ0) is 27.5. The van der Waals surface area contributed by atoms with Crippen molar-refractivity contribution in [2.75, 3.05) is 49.6 Å². The fourth-order valence-corrected chi connectivity index (χ4v) is 6.27. The zero-order valence-electron chi connectivity index (χ0n) is 21.8. The van der Waals surface area contributed by atoms with Crippen LogP contribution in [0.2, 0.25) is 5.02 Å². The smallest absolute Gasteiger partial charge is 0.379 e. The number of anilines is 2. The number of carbonyl (C=O) groups excluding carboxylic acids is 1. The number of aryl methyl sites for hydroxylation is 1. The molecule has 3 fully saturated rings. The lowest BCUT2D eigenvalue weighted by Gasteiger charge is -2.44. The first-order valence-electron chi connectivity index (χ1n) is 13.1. The average Bonchev–Trinajstić information content (AvgIpc) is 3.40. The predicted molar refractivity (Wildman–Crippen MR) is 142 cm³/mol. The Hall–Kier alpha value is -2.89. The van der Waals surface area contributed by atoms with Gasteiger partial charge in [-0.3, -0.25) is 14.4 Å². The topological polar surface area (TPSA) is 75.5 Å². The first kappa shape index (κ1) is 26.3. The Morgan fingerprint density at radius 1 is 1.15 bits per heavy atom. The summed E-state index contributed by atoms with van der Waals surface area (Å²) in [5.41, 5.74) is 0.274. The summed E-state index contributed by atoms with van der Waals surface area (Å²) in [6.07, 6.45) is -0.295. The minimum atomic E-state index is -4.53. The maximum Gasteiger partial charge on any atom is 0.433 e. The van der Waals surface area contributed by atoms with Crippen molar-refractivity contribution in [2.45, 2.75) is 37.4 Å². The maximum atomic E-state index is 13.5. The molecule has 3 aliphatic rings. The SMILES string of the molecule is Cn1ncc([C@H]2C[C@@H]2C(=O)Nc2cc3cc(N4CCN([C@]5(C)CCOC5)CC4)c(Cl)cc3cn2)c1C(F)(F)F. The van der Waals surface area contributed by atoms with Crippen LogP contribution >= 0.6 is 11.6 Å². The molecule has 0 bridgehead atoms. The Morgan fingerprint density at radius 3 is 2.62 bits per heavy atom. The molecule has 208 valence electrons. The number of ether oxygens (including phenoxy) is 1. The predicted octanol–water partition coefficient (Wildman–Crippen LogP) is 4.68. The van der Waals surface area contributed by atoms with Crippen molar-refractivity contribution in [1.82, 2.24) is 19.7 Å². The van der Waals surface area contributed by atoms with Crippen LogP contribution in [-0.4, -0.2) is 70.5 Å². The Balaban J connectivity index is 1.15. The summed E-state index contributed by atoms with van der Waals surface area (Å²) in [4.78, 5) is 22.0. The number of alkyl halides is 3. The van der Waals surface area contributed by atoms with Crippen LogP contribution in [0.1, 0.15) is 36.9 Å². The number of benzene rings is 1. The van der Waals surface area contributed by atoms with Gasteiger partial charge in [-0.25, -0.2) is 4.98 Å². The molecule has 0 unspecified atom stereocenters. The molecule has 12 heteroatoms. The Bertz CT molecular complexity index is 1410. The van der Waals surface area contributed by atoms with Crippen molar-refractivity contribution in [3.8, 4) is 0 Å². The number of carbonyl (C=O) groups is 1. The normalized spacial score (nSPS) is 25.8. The number of rotatable bonds is 5. The van der Waals surface area contributed by atoms with Gasteiger partial charge in [0, 0.05) is 68.4 Å². The van der Waals surface area contributed by atoms with Crippen molar-refractivity contribution in [3.63, 3.8) is 0 Å². The number of halogens is 4. The third kappa shape index (κ3) is 4.96. The van der Waals surface area contributed by atoms with Crippen molar-refractivity contribution in [2.24, 2.45) is 13.0 Å². The van der Waals surface area contributed by atoms with Gasteiger partial charge in [0.1, 0.15) is 11.5 Å². The van der Waals surface area contributed by atoms with Gasteiger partial charge < -0.3 is 15.0 Å².